The van der Waals surface area contributed by atoms with Gasteiger partial charge in [-0.25, -0.2) is 4.98 Å². The summed E-state index contributed by atoms with van der Waals surface area (Å²) >= 11 is 1.75. The highest BCUT2D eigenvalue weighted by Crippen LogP contribution is 2.40. The van der Waals surface area contributed by atoms with Crippen LogP contribution >= 0.6 is 35.3 Å². The number of hydrogen-bond donors (Lipinski definition) is 2. The van der Waals surface area contributed by atoms with Gasteiger partial charge in [-0.3, -0.25) is 4.99 Å². The summed E-state index contributed by atoms with van der Waals surface area (Å²) in [6.45, 7) is 2.75. The van der Waals surface area contributed by atoms with Gasteiger partial charge in [0.2, 0.25) is 0 Å². The van der Waals surface area contributed by atoms with E-state index in [1.54, 1.807) is 11.3 Å². The first-order valence-corrected chi connectivity index (χ1v) is 6.76. The smallest absolute Gasteiger partial charge is 0.191 e. The topological polar surface area (TPSA) is 49.3 Å². The van der Waals surface area contributed by atoms with E-state index in [1.807, 2.05) is 0 Å². The van der Waals surface area contributed by atoms with E-state index in [4.69, 9.17) is 0 Å². The van der Waals surface area contributed by atoms with E-state index in [0.717, 1.165) is 42.9 Å². The van der Waals surface area contributed by atoms with Gasteiger partial charge in [-0.1, -0.05) is 0 Å². The zero-order valence-electron chi connectivity index (χ0n) is 9.61. The summed E-state index contributed by atoms with van der Waals surface area (Å²) in [5, 5.41) is 9.91. The maximum absolute atomic E-state index is 4.63. The first-order valence-electron chi connectivity index (χ1n) is 5.88. The lowest BCUT2D eigenvalue weighted by molar-refractivity contribution is 0.700. The van der Waals surface area contributed by atoms with Crippen molar-refractivity contribution in [3.8, 4) is 0 Å². The minimum absolute atomic E-state index is 0. The summed E-state index contributed by atoms with van der Waals surface area (Å²) in [5.41, 5.74) is 1.29. The molecule has 2 aliphatic rings. The molecule has 0 spiro atoms. The summed E-state index contributed by atoms with van der Waals surface area (Å²) in [4.78, 5) is 9.00. The van der Waals surface area contributed by atoms with Gasteiger partial charge in [0.1, 0.15) is 5.01 Å². The number of guanidine groups is 1. The highest BCUT2D eigenvalue weighted by molar-refractivity contribution is 14.0. The van der Waals surface area contributed by atoms with E-state index in [1.165, 1.54) is 18.5 Å². The third-order valence-electron chi connectivity index (χ3n) is 2.87. The Kier molecular flexibility index (Phi) is 4.61. The van der Waals surface area contributed by atoms with Crippen molar-refractivity contribution < 1.29 is 0 Å². The van der Waals surface area contributed by atoms with Gasteiger partial charge in [-0.2, -0.15) is 0 Å². The van der Waals surface area contributed by atoms with Crippen molar-refractivity contribution in [2.24, 2.45) is 4.99 Å². The van der Waals surface area contributed by atoms with Crippen LogP contribution in [0.4, 0.5) is 0 Å². The predicted molar refractivity (Wildman–Crippen MR) is 81.3 cm³/mol. The molecule has 0 bridgehead atoms. The summed E-state index contributed by atoms with van der Waals surface area (Å²) in [6.07, 6.45) is 3.78. The number of nitrogens with zero attached hydrogens (tertiary/aromatic N) is 2. The molecule has 2 heterocycles. The van der Waals surface area contributed by atoms with E-state index < -0.39 is 0 Å². The Hall–Kier alpha value is -0.370. The molecule has 1 aromatic rings. The monoisotopic (exact) mass is 364 g/mol. The first-order chi connectivity index (χ1) is 7.92. The van der Waals surface area contributed by atoms with Gasteiger partial charge >= 0.3 is 0 Å². The summed E-state index contributed by atoms with van der Waals surface area (Å²) in [5.74, 6) is 1.68. The van der Waals surface area contributed by atoms with E-state index in [2.05, 4.69) is 26.0 Å². The lowest BCUT2D eigenvalue weighted by Gasteiger charge is -2.14. The second-order valence-corrected chi connectivity index (χ2v) is 5.25. The predicted octanol–water partition coefficient (Wildman–Crippen LogP) is 2.08. The van der Waals surface area contributed by atoms with Gasteiger partial charge in [0.05, 0.1) is 12.2 Å². The molecule has 94 valence electrons. The molecular formula is C11H17IN4S. The number of nitrogens with one attached hydrogen (secondary N) is 2. The minimum Gasteiger partial charge on any atom is -0.356 e. The van der Waals surface area contributed by atoms with Crippen LogP contribution in [0.5, 0.6) is 0 Å². The molecule has 2 N–H and O–H groups in total. The Balaban J connectivity index is 0.00000108. The van der Waals surface area contributed by atoms with Gasteiger partial charge in [0, 0.05) is 24.4 Å². The largest absolute Gasteiger partial charge is 0.356 e. The van der Waals surface area contributed by atoms with Crippen LogP contribution in [0.25, 0.3) is 0 Å². The number of thiazole rings is 1. The Morgan fingerprint density at radius 3 is 3.06 bits per heavy atom. The third-order valence-corrected chi connectivity index (χ3v) is 3.74. The van der Waals surface area contributed by atoms with Crippen molar-refractivity contribution in [1.29, 1.82) is 0 Å². The van der Waals surface area contributed by atoms with Gasteiger partial charge in [-0.15, -0.1) is 35.3 Å². The van der Waals surface area contributed by atoms with Gasteiger partial charge in [0.15, 0.2) is 5.96 Å². The second-order valence-electron chi connectivity index (χ2n) is 4.30. The molecule has 0 unspecified atom stereocenters. The molecule has 1 aromatic heterocycles. The molecule has 1 fully saturated rings. The summed E-state index contributed by atoms with van der Waals surface area (Å²) in [7, 11) is 0. The Morgan fingerprint density at radius 1 is 1.47 bits per heavy atom. The van der Waals surface area contributed by atoms with Crippen molar-refractivity contribution in [3.63, 3.8) is 0 Å². The van der Waals surface area contributed by atoms with E-state index >= 15 is 0 Å². The maximum atomic E-state index is 4.63. The fraction of sp³-hybridized carbons (Fsp3) is 0.636. The van der Waals surface area contributed by atoms with Crippen LogP contribution in [0.1, 0.15) is 35.9 Å². The molecule has 0 amide bonds. The van der Waals surface area contributed by atoms with E-state index in [9.17, 15) is 0 Å². The van der Waals surface area contributed by atoms with Crippen LogP contribution in [0.15, 0.2) is 10.4 Å². The fourth-order valence-corrected chi connectivity index (χ4v) is 2.60. The van der Waals surface area contributed by atoms with Crippen molar-refractivity contribution in [2.75, 3.05) is 13.1 Å². The zero-order chi connectivity index (χ0) is 10.8. The third kappa shape index (κ3) is 3.54. The Labute approximate surface area is 122 Å². The SMILES string of the molecule is I.c1sc(CNC2=NCCCN2)nc1C1CC1. The highest BCUT2D eigenvalue weighted by Gasteiger charge is 2.25. The lowest BCUT2D eigenvalue weighted by atomic mass is 10.3. The number of rotatable bonds is 3. The number of aliphatic imine (C=N–C) groups is 1. The van der Waals surface area contributed by atoms with Crippen LogP contribution in [-0.4, -0.2) is 24.0 Å². The maximum Gasteiger partial charge on any atom is 0.191 e. The van der Waals surface area contributed by atoms with Crippen LogP contribution in [0.2, 0.25) is 0 Å². The molecule has 17 heavy (non-hydrogen) atoms. The average molecular weight is 364 g/mol. The molecule has 0 saturated heterocycles. The van der Waals surface area contributed by atoms with Crippen LogP contribution < -0.4 is 10.6 Å². The lowest BCUT2D eigenvalue weighted by Crippen LogP contribution is -2.40. The fourth-order valence-electron chi connectivity index (χ4n) is 1.78. The number of hydrogen-bond acceptors (Lipinski definition) is 5. The molecule has 4 nitrogen and oxygen atoms in total. The minimum atomic E-state index is 0. The Morgan fingerprint density at radius 2 is 2.35 bits per heavy atom. The molecular weight excluding hydrogens is 347 g/mol. The van der Waals surface area contributed by atoms with Crippen molar-refractivity contribution >= 4 is 41.3 Å². The average Bonchev–Trinajstić information content (AvgIpc) is 3.08. The van der Waals surface area contributed by atoms with Crippen LogP contribution in [0.3, 0.4) is 0 Å². The quantitative estimate of drug-likeness (QED) is 0.808. The molecule has 1 saturated carbocycles. The molecule has 6 heteroatoms. The standard InChI is InChI=1S/C11H16N4S.HI/c1-4-12-11(13-5-1)14-6-10-15-9(7-16-10)8-2-3-8;/h7-8H,1-6H2,(H2,12,13,14);1H. The van der Waals surface area contributed by atoms with Crippen LogP contribution in [0, 0.1) is 0 Å². The van der Waals surface area contributed by atoms with Gasteiger partial charge in [0.25, 0.3) is 0 Å². The Bertz CT molecular complexity index is 400. The molecule has 3 rings (SSSR count). The molecule has 0 radical (unpaired) electrons. The van der Waals surface area contributed by atoms with Gasteiger partial charge in [-0.05, 0) is 19.3 Å². The summed E-state index contributed by atoms with van der Waals surface area (Å²) in [6, 6.07) is 0. The first kappa shape index (κ1) is 13.1. The number of aromatic nitrogens is 1. The van der Waals surface area contributed by atoms with Crippen LogP contribution in [-0.2, 0) is 6.54 Å². The van der Waals surface area contributed by atoms with E-state index in [-0.39, 0.29) is 24.0 Å². The highest BCUT2D eigenvalue weighted by atomic mass is 127. The molecule has 1 aliphatic carbocycles. The zero-order valence-corrected chi connectivity index (χ0v) is 12.8. The van der Waals surface area contributed by atoms with Crippen molar-refractivity contribution in [3.05, 3.63) is 16.1 Å². The molecule has 0 aromatic carbocycles. The van der Waals surface area contributed by atoms with Gasteiger partial charge < -0.3 is 10.6 Å². The van der Waals surface area contributed by atoms with E-state index in [0.29, 0.717) is 0 Å². The normalized spacial score (nSPS) is 18.9. The van der Waals surface area contributed by atoms with Crippen molar-refractivity contribution in [1.82, 2.24) is 15.6 Å². The number of halogens is 1. The summed E-state index contributed by atoms with van der Waals surface area (Å²) < 4.78 is 0. The second kappa shape index (κ2) is 5.99. The van der Waals surface area contributed by atoms with Crippen molar-refractivity contribution in [2.45, 2.75) is 31.7 Å². The molecule has 1 aliphatic heterocycles. The molecule has 0 atom stereocenters.